The smallest absolute Gasteiger partial charge is 0.344 e. The highest BCUT2D eigenvalue weighted by Crippen LogP contribution is 2.32. The summed E-state index contributed by atoms with van der Waals surface area (Å²) < 4.78 is 10.2. The number of benzene rings is 1. The molecule has 1 aromatic carbocycles. The summed E-state index contributed by atoms with van der Waals surface area (Å²) in [6.45, 7) is -0.846. The quantitative estimate of drug-likeness (QED) is 0.724. The van der Waals surface area contributed by atoms with Gasteiger partial charge in [0.1, 0.15) is 17.4 Å². The van der Waals surface area contributed by atoms with E-state index < -0.39 is 30.6 Å². The number of hydrogen-bond acceptors (Lipinski definition) is 6. The number of hydrogen-bond donors (Lipinski definition) is 0. The van der Waals surface area contributed by atoms with Crippen LogP contribution in [0.1, 0.15) is 37.7 Å². The zero-order chi connectivity index (χ0) is 19.0. The maximum Gasteiger partial charge on any atom is 0.344 e. The molecule has 0 atom stereocenters. The molecule has 26 heavy (non-hydrogen) atoms. The molecule has 0 bridgehead atoms. The summed E-state index contributed by atoms with van der Waals surface area (Å²) in [5, 5.41) is 18.5. The molecular weight excluding hydrogens is 334 g/mol. The molecule has 1 aromatic rings. The molecule has 0 unspecified atom stereocenters. The molecule has 0 radical (unpaired) electrons. The minimum Gasteiger partial charge on any atom is -0.481 e. The molecule has 0 saturated heterocycles. The maximum absolute atomic E-state index is 12.3. The Hall–Kier alpha value is -3.06. The van der Waals surface area contributed by atoms with Crippen LogP contribution in [0.2, 0.25) is 0 Å². The fourth-order valence-corrected chi connectivity index (χ4v) is 3.00. The summed E-state index contributed by atoms with van der Waals surface area (Å²) in [5.74, 6) is -0.852. The van der Waals surface area contributed by atoms with Crippen molar-refractivity contribution in [2.45, 2.75) is 37.6 Å². The van der Waals surface area contributed by atoms with Crippen LogP contribution in [-0.2, 0) is 14.3 Å². The molecule has 0 heterocycles. The van der Waals surface area contributed by atoms with Gasteiger partial charge in [0.15, 0.2) is 13.2 Å². The Labute approximate surface area is 152 Å². The lowest BCUT2D eigenvalue weighted by Crippen LogP contribution is -2.51. The van der Waals surface area contributed by atoms with Crippen LogP contribution in [0.25, 0.3) is 0 Å². The predicted octanol–water partition coefficient (Wildman–Crippen LogP) is 2.17. The van der Waals surface area contributed by atoms with Gasteiger partial charge in [0.2, 0.25) is 0 Å². The van der Waals surface area contributed by atoms with Gasteiger partial charge in [0.25, 0.3) is 5.91 Å². The number of amides is 1. The van der Waals surface area contributed by atoms with E-state index in [1.54, 1.807) is 31.3 Å². The van der Waals surface area contributed by atoms with Crippen LogP contribution in [0.4, 0.5) is 0 Å². The molecular formula is C19H21N3O4. The normalized spacial score (nSPS) is 15.2. The number of likely N-dealkylation sites (N-methyl/N-ethyl adjacent to an activating group) is 1. The van der Waals surface area contributed by atoms with E-state index in [9.17, 15) is 14.9 Å². The molecule has 2 rings (SSSR count). The van der Waals surface area contributed by atoms with Crippen LogP contribution in [0.5, 0.6) is 5.75 Å². The second-order valence-corrected chi connectivity index (χ2v) is 6.21. The van der Waals surface area contributed by atoms with E-state index >= 15 is 0 Å². The molecule has 1 saturated carbocycles. The van der Waals surface area contributed by atoms with Gasteiger partial charge in [-0.3, -0.25) is 4.79 Å². The van der Waals surface area contributed by atoms with Crippen molar-refractivity contribution in [3.05, 3.63) is 29.8 Å². The van der Waals surface area contributed by atoms with Crippen molar-refractivity contribution >= 4 is 11.9 Å². The van der Waals surface area contributed by atoms with Crippen LogP contribution in [0.3, 0.4) is 0 Å². The molecule has 136 valence electrons. The largest absolute Gasteiger partial charge is 0.481 e. The standard InChI is InChI=1S/C19H21N3O4/c1-22(19(14-21)9-5-2-6-10-19)17(23)12-26-18(24)13-25-16-8-4-3-7-15(16)11-20/h3-4,7-8H,2,5-6,9-10,12-13H2,1H3. The molecule has 7 nitrogen and oxygen atoms in total. The first kappa shape index (κ1) is 19.3. The number of rotatable bonds is 6. The van der Waals surface area contributed by atoms with E-state index in [2.05, 4.69) is 6.07 Å². The van der Waals surface area contributed by atoms with Gasteiger partial charge in [-0.15, -0.1) is 0 Å². The van der Waals surface area contributed by atoms with E-state index in [-0.39, 0.29) is 5.75 Å². The summed E-state index contributed by atoms with van der Waals surface area (Å²) >= 11 is 0. The molecule has 1 aliphatic carbocycles. The van der Waals surface area contributed by atoms with Gasteiger partial charge in [0.05, 0.1) is 11.6 Å². The maximum atomic E-state index is 12.3. The third kappa shape index (κ3) is 4.52. The van der Waals surface area contributed by atoms with E-state index in [0.29, 0.717) is 18.4 Å². The van der Waals surface area contributed by atoms with Gasteiger partial charge in [-0.1, -0.05) is 31.4 Å². The average molecular weight is 355 g/mol. The number of para-hydroxylation sites is 1. The SMILES string of the molecule is CN(C(=O)COC(=O)COc1ccccc1C#N)C1(C#N)CCCCC1. The fourth-order valence-electron chi connectivity index (χ4n) is 3.00. The van der Waals surface area contributed by atoms with E-state index in [4.69, 9.17) is 14.7 Å². The predicted molar refractivity (Wildman–Crippen MR) is 91.8 cm³/mol. The number of carbonyl (C=O) groups excluding carboxylic acids is 2. The third-order valence-electron chi connectivity index (χ3n) is 4.61. The van der Waals surface area contributed by atoms with E-state index in [1.165, 1.54) is 4.90 Å². The van der Waals surface area contributed by atoms with Gasteiger partial charge < -0.3 is 14.4 Å². The van der Waals surface area contributed by atoms with Crippen molar-refractivity contribution in [2.75, 3.05) is 20.3 Å². The minimum absolute atomic E-state index is 0.279. The summed E-state index contributed by atoms with van der Waals surface area (Å²) in [4.78, 5) is 25.5. The number of nitrogens with zero attached hydrogens (tertiary/aromatic N) is 3. The first-order valence-electron chi connectivity index (χ1n) is 8.48. The number of esters is 1. The fraction of sp³-hybridized carbons (Fsp3) is 0.474. The van der Waals surface area contributed by atoms with Crippen LogP contribution in [0, 0.1) is 22.7 Å². The van der Waals surface area contributed by atoms with Crippen LogP contribution >= 0.6 is 0 Å². The highest BCUT2D eigenvalue weighted by Gasteiger charge is 2.38. The molecule has 0 N–H and O–H groups in total. The zero-order valence-electron chi connectivity index (χ0n) is 14.7. The van der Waals surface area contributed by atoms with Gasteiger partial charge in [-0.2, -0.15) is 10.5 Å². The summed E-state index contributed by atoms with van der Waals surface area (Å²) in [5.41, 5.74) is -0.506. The molecule has 7 heteroatoms. The first-order valence-corrected chi connectivity index (χ1v) is 8.48. The molecule has 0 spiro atoms. The van der Waals surface area contributed by atoms with Crippen LogP contribution < -0.4 is 4.74 Å². The lowest BCUT2D eigenvalue weighted by molar-refractivity contribution is -0.155. The first-order chi connectivity index (χ1) is 12.5. The second-order valence-electron chi connectivity index (χ2n) is 6.21. The number of nitriles is 2. The molecule has 1 aliphatic rings. The van der Waals surface area contributed by atoms with E-state index in [0.717, 1.165) is 19.3 Å². The van der Waals surface area contributed by atoms with E-state index in [1.807, 2.05) is 6.07 Å². The molecule has 1 fully saturated rings. The van der Waals surface area contributed by atoms with Crippen LogP contribution in [0.15, 0.2) is 24.3 Å². The lowest BCUT2D eigenvalue weighted by Gasteiger charge is -2.38. The van der Waals surface area contributed by atoms with Crippen molar-refractivity contribution in [1.82, 2.24) is 4.90 Å². The van der Waals surface area contributed by atoms with Gasteiger partial charge >= 0.3 is 5.97 Å². The topological polar surface area (TPSA) is 103 Å². The Balaban J connectivity index is 1.84. The second kappa shape index (κ2) is 8.87. The summed E-state index contributed by atoms with van der Waals surface area (Å²) in [6, 6.07) is 10.7. The Kier molecular flexibility index (Phi) is 6.57. The Morgan fingerprint density at radius 2 is 1.85 bits per heavy atom. The zero-order valence-corrected chi connectivity index (χ0v) is 14.7. The van der Waals surface area contributed by atoms with Crippen molar-refractivity contribution < 1.29 is 19.1 Å². The van der Waals surface area contributed by atoms with Crippen molar-refractivity contribution in [3.8, 4) is 17.9 Å². The van der Waals surface area contributed by atoms with Gasteiger partial charge in [-0.25, -0.2) is 4.79 Å². The Morgan fingerprint density at radius 3 is 2.50 bits per heavy atom. The number of ether oxygens (including phenoxy) is 2. The van der Waals surface area contributed by atoms with Crippen molar-refractivity contribution in [2.24, 2.45) is 0 Å². The monoisotopic (exact) mass is 355 g/mol. The van der Waals surface area contributed by atoms with Crippen molar-refractivity contribution in [3.63, 3.8) is 0 Å². The van der Waals surface area contributed by atoms with Gasteiger partial charge in [-0.05, 0) is 25.0 Å². The molecule has 1 amide bonds. The highest BCUT2D eigenvalue weighted by atomic mass is 16.6. The molecule has 0 aliphatic heterocycles. The minimum atomic E-state index is -0.815. The third-order valence-corrected chi connectivity index (χ3v) is 4.61. The van der Waals surface area contributed by atoms with Crippen molar-refractivity contribution in [1.29, 1.82) is 10.5 Å². The lowest BCUT2D eigenvalue weighted by atomic mass is 9.81. The van der Waals surface area contributed by atoms with Crippen LogP contribution in [-0.4, -0.2) is 42.6 Å². The Bertz CT molecular complexity index is 742. The average Bonchev–Trinajstić information content (AvgIpc) is 2.70. The number of carbonyl (C=O) groups is 2. The Morgan fingerprint density at radius 1 is 1.15 bits per heavy atom. The van der Waals surface area contributed by atoms with Gasteiger partial charge in [0, 0.05) is 7.05 Å². The summed E-state index contributed by atoms with van der Waals surface area (Å²) in [7, 11) is 1.57. The highest BCUT2D eigenvalue weighted by molar-refractivity contribution is 5.81. The summed E-state index contributed by atoms with van der Waals surface area (Å²) in [6.07, 6.45) is 4.12. The molecule has 0 aromatic heterocycles.